The van der Waals surface area contributed by atoms with Gasteiger partial charge < -0.3 is 13.7 Å². The molecule has 93 heavy (non-hydrogen) atoms. The fourth-order valence-electron chi connectivity index (χ4n) is 13.8. The Balaban J connectivity index is 0.895. The van der Waals surface area contributed by atoms with E-state index in [1.54, 1.807) is 36.4 Å². The van der Waals surface area contributed by atoms with Crippen LogP contribution in [0.1, 0.15) is 22.3 Å². The van der Waals surface area contributed by atoms with Gasteiger partial charge in [-0.05, 0) is 200 Å². The Labute approximate surface area is 520 Å². The molecule has 13 aromatic carbocycles. The third-order valence-electron chi connectivity index (χ3n) is 17.9. The smallest absolute Gasteiger partial charge is 0.309 e. The molecule has 16 rings (SSSR count). The molecule has 0 saturated heterocycles. The van der Waals surface area contributed by atoms with Crippen LogP contribution in [0.3, 0.4) is 0 Å². The number of fused-ring (bicyclic) bond motifs is 11. The number of hydrogen-bond acceptors (Lipinski definition) is 0. The molecule has 0 spiro atoms. The highest BCUT2D eigenvalue weighted by molar-refractivity contribution is 6.22. The Morgan fingerprint density at radius 2 is 0.452 bits per heavy atom. The Morgan fingerprint density at radius 3 is 0.785 bits per heavy atom. The molecule has 454 valence electrons. The number of alkyl halides is 12. The van der Waals surface area contributed by atoms with E-state index in [2.05, 4.69) is 65.2 Å². The fraction of sp³-hybridized carbons (Fsp3) is 0.0513. The second-order valence-corrected chi connectivity index (χ2v) is 23.2. The maximum absolute atomic E-state index is 14.5. The summed E-state index contributed by atoms with van der Waals surface area (Å²) < 4.78 is 177. The Kier molecular flexibility index (Phi) is 12.7. The minimum absolute atomic E-state index is 0.102. The molecular formula is C78H43F12N3. The molecule has 16 aromatic rings. The third-order valence-corrected chi connectivity index (χ3v) is 17.9. The monoisotopic (exact) mass is 1250 g/mol. The summed E-state index contributed by atoms with van der Waals surface area (Å²) in [5, 5.41) is 6.86. The Morgan fingerprint density at radius 1 is 0.183 bits per heavy atom. The largest absolute Gasteiger partial charge is 0.416 e. The molecular weight excluding hydrogens is 1210 g/mol. The zero-order valence-electron chi connectivity index (χ0n) is 48.2. The lowest BCUT2D eigenvalue weighted by molar-refractivity contribution is -0.138. The first-order valence-corrected chi connectivity index (χ1v) is 29.5. The van der Waals surface area contributed by atoms with Crippen LogP contribution in [-0.2, 0) is 24.7 Å². The van der Waals surface area contributed by atoms with Crippen molar-refractivity contribution in [1.29, 1.82) is 0 Å². The molecule has 15 heteroatoms. The number of benzene rings is 13. The molecule has 0 saturated carbocycles. The lowest BCUT2D eigenvalue weighted by Gasteiger charge is -2.18. The molecule has 0 aliphatic carbocycles. The standard InChI is InChI=1S/C78H43F12N3/c79-75(80,81)50-12-8-14-55(40-50)92-69-32-24-48(38-63(69)65-42-52(77(85,86)87)26-34-71(65)92)46-22-30-67-61(36-46)62-37-47(49-25-33-70-64(39-49)66-43-53(78(88,89)90)27-35-72(66)93(70)56-15-9-13-51(41-56)76(82,83)84)23-31-68(62)91(67)54-28-20-45(21-29-54)74-59-18-6-4-16-57(59)73(44-10-2-1-3-11-44)58-17-5-7-19-60(58)74/h1-43H. The van der Waals surface area contributed by atoms with Gasteiger partial charge in [0.05, 0.1) is 55.4 Å². The van der Waals surface area contributed by atoms with E-state index in [-0.39, 0.29) is 33.2 Å². The van der Waals surface area contributed by atoms with Crippen LogP contribution in [-0.4, -0.2) is 13.7 Å². The quantitative estimate of drug-likeness (QED) is 0.112. The highest BCUT2D eigenvalue weighted by Crippen LogP contribution is 2.47. The molecule has 0 bridgehead atoms. The number of nitrogens with zero attached hydrogens (tertiary/aromatic N) is 3. The number of hydrogen-bond donors (Lipinski definition) is 0. The van der Waals surface area contributed by atoms with Crippen LogP contribution in [0, 0.1) is 0 Å². The summed E-state index contributed by atoms with van der Waals surface area (Å²) in [6.45, 7) is 0. The van der Waals surface area contributed by atoms with Gasteiger partial charge in [-0.1, -0.05) is 127 Å². The first kappa shape index (κ1) is 57.1. The van der Waals surface area contributed by atoms with Gasteiger partial charge in [-0.25, -0.2) is 0 Å². The average molecular weight is 1250 g/mol. The number of aromatic nitrogens is 3. The first-order valence-electron chi connectivity index (χ1n) is 29.5. The maximum atomic E-state index is 14.5. The van der Waals surface area contributed by atoms with Crippen LogP contribution in [0.4, 0.5) is 52.7 Å². The molecule has 0 aliphatic heterocycles. The number of halogens is 12. The lowest BCUT2D eigenvalue weighted by atomic mass is 9.86. The third kappa shape index (κ3) is 9.46. The zero-order valence-corrected chi connectivity index (χ0v) is 48.2. The van der Waals surface area contributed by atoms with E-state index in [0.717, 1.165) is 120 Å². The second-order valence-electron chi connectivity index (χ2n) is 23.2. The normalized spacial score (nSPS) is 12.7. The predicted octanol–water partition coefficient (Wildman–Crippen LogP) is 24.0. The van der Waals surface area contributed by atoms with Gasteiger partial charge in [-0.2, -0.15) is 52.7 Å². The summed E-state index contributed by atoms with van der Waals surface area (Å²) in [6, 6.07) is 72.9. The maximum Gasteiger partial charge on any atom is 0.416 e. The van der Waals surface area contributed by atoms with E-state index in [9.17, 15) is 52.7 Å². The highest BCUT2D eigenvalue weighted by atomic mass is 19.4. The second kappa shape index (κ2) is 20.7. The summed E-state index contributed by atoms with van der Waals surface area (Å²) >= 11 is 0. The SMILES string of the molecule is FC(F)(F)c1cccc(-n2c3ccc(-c4ccc5c(c4)c4cc(-c6ccc7c(c6)c6cc(C(F)(F)F)ccc6n7-c6cccc(C(F)(F)F)c6)ccc4n5-c4ccc(-c5c6ccccc6c(-c6ccccc6)c6ccccc56)cc4)cc3c3cc(C(F)(F)F)ccc32)c1. The van der Waals surface area contributed by atoms with E-state index in [4.69, 9.17) is 0 Å². The van der Waals surface area contributed by atoms with Gasteiger partial charge in [0.25, 0.3) is 0 Å². The van der Waals surface area contributed by atoms with E-state index >= 15 is 0 Å². The van der Waals surface area contributed by atoms with Gasteiger partial charge in [-0.3, -0.25) is 0 Å². The molecule has 0 radical (unpaired) electrons. The summed E-state index contributed by atoms with van der Waals surface area (Å²) in [7, 11) is 0. The highest BCUT2D eigenvalue weighted by Gasteiger charge is 2.35. The van der Waals surface area contributed by atoms with Crippen LogP contribution < -0.4 is 0 Å². The van der Waals surface area contributed by atoms with Crippen molar-refractivity contribution in [2.24, 2.45) is 0 Å². The average Bonchev–Trinajstić information content (AvgIpc) is 1.73. The van der Waals surface area contributed by atoms with Gasteiger partial charge in [0.1, 0.15) is 0 Å². The number of rotatable bonds is 7. The first-order chi connectivity index (χ1) is 44.6. The van der Waals surface area contributed by atoms with Gasteiger partial charge in [0.15, 0.2) is 0 Å². The molecule has 0 amide bonds. The van der Waals surface area contributed by atoms with Gasteiger partial charge in [-0.15, -0.1) is 0 Å². The summed E-state index contributed by atoms with van der Waals surface area (Å²) in [5.41, 5.74) is 6.78. The van der Waals surface area contributed by atoms with Crippen molar-refractivity contribution >= 4 is 87.0 Å². The van der Waals surface area contributed by atoms with E-state index in [0.29, 0.717) is 44.1 Å². The van der Waals surface area contributed by atoms with Crippen molar-refractivity contribution in [3.05, 3.63) is 283 Å². The fourth-order valence-corrected chi connectivity index (χ4v) is 13.8. The zero-order chi connectivity index (χ0) is 64.0. The topological polar surface area (TPSA) is 14.8 Å². The molecule has 3 nitrogen and oxygen atoms in total. The van der Waals surface area contributed by atoms with Crippen molar-refractivity contribution in [2.45, 2.75) is 24.7 Å². The molecule has 0 N–H and O–H groups in total. The summed E-state index contributed by atoms with van der Waals surface area (Å²) in [4.78, 5) is 0. The van der Waals surface area contributed by atoms with E-state index < -0.39 is 47.0 Å². The van der Waals surface area contributed by atoms with E-state index in [1.807, 2.05) is 78.9 Å². The predicted molar refractivity (Wildman–Crippen MR) is 346 cm³/mol. The molecule has 0 fully saturated rings. The van der Waals surface area contributed by atoms with Crippen molar-refractivity contribution in [3.8, 4) is 61.6 Å². The van der Waals surface area contributed by atoms with E-state index in [1.165, 1.54) is 45.5 Å². The van der Waals surface area contributed by atoms with Gasteiger partial charge in [0, 0.05) is 49.4 Å². The Bertz CT molecular complexity index is 5440. The van der Waals surface area contributed by atoms with Crippen LogP contribution >= 0.6 is 0 Å². The summed E-state index contributed by atoms with van der Waals surface area (Å²) in [6.07, 6.45) is -18.9. The van der Waals surface area contributed by atoms with Crippen molar-refractivity contribution in [1.82, 2.24) is 13.7 Å². The van der Waals surface area contributed by atoms with Crippen LogP contribution in [0.5, 0.6) is 0 Å². The molecule has 3 aromatic heterocycles. The van der Waals surface area contributed by atoms with Crippen LogP contribution in [0.2, 0.25) is 0 Å². The molecule has 3 heterocycles. The van der Waals surface area contributed by atoms with Crippen molar-refractivity contribution < 1.29 is 52.7 Å². The lowest BCUT2D eigenvalue weighted by Crippen LogP contribution is -2.06. The minimum Gasteiger partial charge on any atom is -0.309 e. The minimum atomic E-state index is -4.74. The summed E-state index contributed by atoms with van der Waals surface area (Å²) in [5.74, 6) is 0. The molecule has 0 unspecified atom stereocenters. The Hall–Kier alpha value is -11.1. The van der Waals surface area contributed by atoms with Gasteiger partial charge in [0.2, 0.25) is 0 Å². The van der Waals surface area contributed by atoms with Crippen LogP contribution in [0.25, 0.3) is 149 Å². The van der Waals surface area contributed by atoms with Gasteiger partial charge >= 0.3 is 24.7 Å². The molecule has 0 aliphatic rings. The van der Waals surface area contributed by atoms with Crippen molar-refractivity contribution in [3.63, 3.8) is 0 Å². The molecule has 0 atom stereocenters. The van der Waals surface area contributed by atoms with Crippen LogP contribution in [0.15, 0.2) is 261 Å². The van der Waals surface area contributed by atoms with Crippen molar-refractivity contribution in [2.75, 3.05) is 0 Å².